The predicted octanol–water partition coefficient (Wildman–Crippen LogP) is 5.22. The van der Waals surface area contributed by atoms with Crippen molar-refractivity contribution >= 4 is 21.6 Å². The van der Waals surface area contributed by atoms with Crippen LogP contribution in [0, 0.1) is 6.92 Å². The summed E-state index contributed by atoms with van der Waals surface area (Å²) in [6.45, 7) is 7.55. The molecule has 8 nitrogen and oxygen atoms in total. The van der Waals surface area contributed by atoms with Crippen molar-refractivity contribution in [2.45, 2.75) is 44.6 Å². The van der Waals surface area contributed by atoms with Gasteiger partial charge >= 0.3 is 0 Å². The topological polar surface area (TPSA) is 94.2 Å². The number of rotatable bonds is 11. The van der Waals surface area contributed by atoms with Gasteiger partial charge in [0.25, 0.3) is 10.0 Å². The normalized spacial score (nSPS) is 12.1. The summed E-state index contributed by atoms with van der Waals surface area (Å²) in [6, 6.07) is 16.4. The van der Waals surface area contributed by atoms with Crippen molar-refractivity contribution in [1.82, 2.24) is 5.32 Å². The Kier molecular flexibility index (Phi) is 9.27. The molecular weight excluding hydrogens is 504 g/mol. The van der Waals surface area contributed by atoms with Crippen LogP contribution in [-0.4, -0.2) is 42.2 Å². The number of hydrogen-bond acceptors (Lipinski definition) is 6. The fraction of sp³-hybridized carbons (Fsp3) is 0.345. The average Bonchev–Trinajstić information content (AvgIpc) is 2.91. The molecule has 0 heterocycles. The summed E-state index contributed by atoms with van der Waals surface area (Å²) in [6.07, 6.45) is 0. The molecule has 1 amide bonds. The van der Waals surface area contributed by atoms with Crippen molar-refractivity contribution in [3.05, 3.63) is 77.4 Å². The number of hydrogen-bond donors (Lipinski definition) is 1. The van der Waals surface area contributed by atoms with Gasteiger partial charge in [0.1, 0.15) is 23.8 Å². The van der Waals surface area contributed by atoms with Gasteiger partial charge in [0.15, 0.2) is 0 Å². The fourth-order valence-corrected chi connectivity index (χ4v) is 5.75. The number of sulfonamides is 1. The molecule has 0 aliphatic rings. The summed E-state index contributed by atoms with van der Waals surface area (Å²) in [5, 5.41) is 2.97. The van der Waals surface area contributed by atoms with Gasteiger partial charge in [-0.3, -0.25) is 9.10 Å². The molecule has 0 aliphatic heterocycles. The summed E-state index contributed by atoms with van der Waals surface area (Å²) in [5.74, 6) is 1.42. The third-order valence-electron chi connectivity index (χ3n) is 6.37. The second kappa shape index (κ2) is 12.2. The number of benzene rings is 3. The Morgan fingerprint density at radius 2 is 1.50 bits per heavy atom. The molecule has 0 saturated carbocycles. The van der Waals surface area contributed by atoms with Gasteiger partial charge < -0.3 is 19.5 Å². The van der Waals surface area contributed by atoms with Gasteiger partial charge in [-0.15, -0.1) is 0 Å². The fourth-order valence-electron chi connectivity index (χ4n) is 4.32. The Morgan fingerprint density at radius 1 is 0.868 bits per heavy atom. The molecule has 0 unspecified atom stereocenters. The molecule has 9 heteroatoms. The first-order chi connectivity index (χ1) is 18.0. The van der Waals surface area contributed by atoms with Crippen molar-refractivity contribution in [3.8, 4) is 17.2 Å². The molecule has 3 aromatic carbocycles. The quantitative estimate of drug-likeness (QED) is 0.359. The van der Waals surface area contributed by atoms with E-state index in [1.54, 1.807) is 43.5 Å². The second-order valence-corrected chi connectivity index (χ2v) is 11.1. The average molecular weight is 541 g/mol. The van der Waals surface area contributed by atoms with Gasteiger partial charge in [-0.25, -0.2) is 8.42 Å². The van der Waals surface area contributed by atoms with E-state index in [-0.39, 0.29) is 22.5 Å². The maximum Gasteiger partial charge on any atom is 0.264 e. The first-order valence-corrected chi connectivity index (χ1v) is 13.7. The molecule has 0 aliphatic carbocycles. The van der Waals surface area contributed by atoms with E-state index >= 15 is 0 Å². The standard InChI is InChI=1S/C29H36N2O6S/c1-19(2)24-17-25(20(3)16-28(24)37-7)21(4)30-29(32)18-31(26-10-8-9-11-27(26)36-6)38(33,34)23-14-12-22(35-5)13-15-23/h8-17,19,21H,18H2,1-7H3,(H,30,32)/t21-/m1/s1. The Balaban J connectivity index is 1.96. The number of nitrogens with zero attached hydrogens (tertiary/aromatic N) is 1. The molecule has 0 aromatic heterocycles. The maximum absolute atomic E-state index is 13.8. The molecular formula is C29H36N2O6S. The predicted molar refractivity (Wildman–Crippen MR) is 149 cm³/mol. The molecule has 1 atom stereocenters. The van der Waals surface area contributed by atoms with Crippen molar-refractivity contribution < 1.29 is 27.4 Å². The van der Waals surface area contributed by atoms with E-state index in [2.05, 4.69) is 19.2 Å². The van der Waals surface area contributed by atoms with Crippen LogP contribution in [0.2, 0.25) is 0 Å². The third-order valence-corrected chi connectivity index (χ3v) is 8.15. The monoisotopic (exact) mass is 540 g/mol. The van der Waals surface area contributed by atoms with Crippen molar-refractivity contribution in [3.63, 3.8) is 0 Å². The Labute approximate surface area is 225 Å². The number of para-hydroxylation sites is 2. The van der Waals surface area contributed by atoms with Crippen molar-refractivity contribution in [2.75, 3.05) is 32.2 Å². The van der Waals surface area contributed by atoms with Crippen molar-refractivity contribution in [1.29, 1.82) is 0 Å². The second-order valence-electron chi connectivity index (χ2n) is 9.25. The summed E-state index contributed by atoms with van der Waals surface area (Å²) in [4.78, 5) is 13.4. The van der Waals surface area contributed by atoms with Gasteiger partial charge in [-0.05, 0) is 85.0 Å². The summed E-state index contributed by atoms with van der Waals surface area (Å²) >= 11 is 0. The van der Waals surface area contributed by atoms with E-state index in [0.717, 1.165) is 26.7 Å². The van der Waals surface area contributed by atoms with Gasteiger partial charge in [-0.1, -0.05) is 26.0 Å². The number of anilines is 1. The number of carbonyl (C=O) groups is 1. The zero-order valence-corrected chi connectivity index (χ0v) is 23.8. The highest BCUT2D eigenvalue weighted by Crippen LogP contribution is 2.34. The highest BCUT2D eigenvalue weighted by molar-refractivity contribution is 7.92. The summed E-state index contributed by atoms with van der Waals surface area (Å²) in [5.41, 5.74) is 3.19. The van der Waals surface area contributed by atoms with Crippen LogP contribution in [0.5, 0.6) is 17.2 Å². The Bertz CT molecular complexity index is 1370. The number of carbonyl (C=O) groups excluding carboxylic acids is 1. The minimum Gasteiger partial charge on any atom is -0.497 e. The molecule has 1 N–H and O–H groups in total. The van der Waals surface area contributed by atoms with E-state index in [1.807, 2.05) is 26.0 Å². The smallest absolute Gasteiger partial charge is 0.264 e. The highest BCUT2D eigenvalue weighted by Gasteiger charge is 2.30. The lowest BCUT2D eigenvalue weighted by Crippen LogP contribution is -2.41. The number of aryl methyl sites for hydroxylation is 1. The van der Waals surface area contributed by atoms with Gasteiger partial charge in [0.2, 0.25) is 5.91 Å². The lowest BCUT2D eigenvalue weighted by atomic mass is 9.93. The molecule has 204 valence electrons. The third kappa shape index (κ3) is 6.22. The largest absolute Gasteiger partial charge is 0.497 e. The van der Waals surface area contributed by atoms with Crippen molar-refractivity contribution in [2.24, 2.45) is 0 Å². The van der Waals surface area contributed by atoms with E-state index in [9.17, 15) is 13.2 Å². The first kappa shape index (κ1) is 28.8. The van der Waals surface area contributed by atoms with Crippen LogP contribution in [0.15, 0.2) is 65.6 Å². The van der Waals surface area contributed by atoms with Crippen LogP contribution in [0.25, 0.3) is 0 Å². The minimum atomic E-state index is -4.12. The van der Waals surface area contributed by atoms with Crippen LogP contribution in [0.1, 0.15) is 49.4 Å². The molecule has 0 saturated heterocycles. The zero-order valence-electron chi connectivity index (χ0n) is 22.9. The SMILES string of the molecule is COc1ccc(S(=O)(=O)N(CC(=O)N[C@H](C)c2cc(C(C)C)c(OC)cc2C)c2ccccc2OC)cc1. The molecule has 0 spiro atoms. The highest BCUT2D eigenvalue weighted by atomic mass is 32.2. The molecule has 0 bridgehead atoms. The lowest BCUT2D eigenvalue weighted by molar-refractivity contribution is -0.120. The van der Waals surface area contributed by atoms with Crippen LogP contribution >= 0.6 is 0 Å². The van der Waals surface area contributed by atoms with E-state index in [1.165, 1.54) is 26.4 Å². The molecule has 38 heavy (non-hydrogen) atoms. The van der Waals surface area contributed by atoms with Crippen LogP contribution in [-0.2, 0) is 14.8 Å². The maximum atomic E-state index is 13.8. The molecule has 0 fully saturated rings. The van der Waals surface area contributed by atoms with Crippen LogP contribution in [0.3, 0.4) is 0 Å². The first-order valence-electron chi connectivity index (χ1n) is 12.3. The number of nitrogens with one attached hydrogen (secondary N) is 1. The van der Waals surface area contributed by atoms with E-state index in [4.69, 9.17) is 14.2 Å². The van der Waals surface area contributed by atoms with Crippen LogP contribution in [0.4, 0.5) is 5.69 Å². The van der Waals surface area contributed by atoms with Gasteiger partial charge in [0.05, 0.1) is 38.0 Å². The zero-order chi connectivity index (χ0) is 28.0. The van der Waals surface area contributed by atoms with Gasteiger partial charge in [-0.2, -0.15) is 0 Å². The Morgan fingerprint density at radius 3 is 2.08 bits per heavy atom. The summed E-state index contributed by atoms with van der Waals surface area (Å²) < 4.78 is 44.7. The minimum absolute atomic E-state index is 0.0256. The lowest BCUT2D eigenvalue weighted by Gasteiger charge is -2.27. The Hall–Kier alpha value is -3.72. The van der Waals surface area contributed by atoms with E-state index in [0.29, 0.717) is 11.5 Å². The van der Waals surface area contributed by atoms with E-state index < -0.39 is 22.5 Å². The molecule has 3 aromatic rings. The molecule has 3 rings (SSSR count). The summed E-state index contributed by atoms with van der Waals surface area (Å²) in [7, 11) is 0.479. The molecule has 0 radical (unpaired) electrons. The number of methoxy groups -OCH3 is 3. The number of amides is 1. The number of ether oxygens (including phenoxy) is 3. The van der Waals surface area contributed by atoms with Crippen LogP contribution < -0.4 is 23.8 Å². The van der Waals surface area contributed by atoms with Gasteiger partial charge in [0, 0.05) is 0 Å².